The smallest absolute Gasteiger partial charge is 0.272 e. The van der Waals surface area contributed by atoms with E-state index in [9.17, 15) is 4.79 Å². The first-order chi connectivity index (χ1) is 13.1. The van der Waals surface area contributed by atoms with Crippen molar-refractivity contribution in [1.82, 2.24) is 14.9 Å². The molecule has 0 radical (unpaired) electrons. The molecule has 1 amide bonds. The fraction of sp³-hybridized carbons (Fsp3) is 0.130. The van der Waals surface area contributed by atoms with E-state index in [1.165, 1.54) is 5.39 Å². The zero-order valence-electron chi connectivity index (χ0n) is 15.4. The van der Waals surface area contributed by atoms with Crippen molar-refractivity contribution in [2.24, 2.45) is 0 Å². The van der Waals surface area contributed by atoms with Gasteiger partial charge < -0.3 is 9.88 Å². The van der Waals surface area contributed by atoms with Crippen LogP contribution < -0.4 is 5.32 Å². The fourth-order valence-corrected chi connectivity index (χ4v) is 3.52. The van der Waals surface area contributed by atoms with E-state index in [1.54, 1.807) is 0 Å². The van der Waals surface area contributed by atoms with E-state index < -0.39 is 0 Å². The molecule has 1 heterocycles. The number of carbonyl (C=O) groups is 1. The van der Waals surface area contributed by atoms with E-state index in [0.717, 1.165) is 28.2 Å². The third-order valence-corrected chi connectivity index (χ3v) is 4.82. The Labute approximate surface area is 158 Å². The minimum Gasteiger partial charge on any atom is -0.347 e. The van der Waals surface area contributed by atoms with Gasteiger partial charge in [-0.3, -0.25) is 4.79 Å². The lowest BCUT2D eigenvalue weighted by Crippen LogP contribution is -2.24. The quantitative estimate of drug-likeness (QED) is 0.583. The molecule has 0 saturated heterocycles. The summed E-state index contributed by atoms with van der Waals surface area (Å²) < 4.78 is 2.01. The number of rotatable bonds is 4. The predicted molar refractivity (Wildman–Crippen MR) is 108 cm³/mol. The molecule has 0 atom stereocenters. The summed E-state index contributed by atoms with van der Waals surface area (Å²) in [6, 6.07) is 24.3. The van der Waals surface area contributed by atoms with Gasteiger partial charge in [-0.15, -0.1) is 0 Å². The van der Waals surface area contributed by atoms with Gasteiger partial charge in [0.2, 0.25) is 0 Å². The summed E-state index contributed by atoms with van der Waals surface area (Å²) in [5, 5.41) is 5.35. The van der Waals surface area contributed by atoms with Crippen LogP contribution in [0, 0.1) is 13.8 Å². The maximum atomic E-state index is 12.8. The Hall–Kier alpha value is -3.40. The van der Waals surface area contributed by atoms with Crippen molar-refractivity contribution in [1.29, 1.82) is 0 Å². The van der Waals surface area contributed by atoms with Crippen LogP contribution >= 0.6 is 0 Å². The van der Waals surface area contributed by atoms with Crippen molar-refractivity contribution in [2.45, 2.75) is 20.4 Å². The molecule has 0 saturated carbocycles. The molecular formula is C23H21N3O. The Morgan fingerprint density at radius 3 is 2.44 bits per heavy atom. The van der Waals surface area contributed by atoms with Gasteiger partial charge in [-0.2, -0.15) is 0 Å². The average molecular weight is 355 g/mol. The Balaban J connectivity index is 1.59. The Kier molecular flexibility index (Phi) is 4.47. The highest BCUT2D eigenvalue weighted by Crippen LogP contribution is 2.20. The van der Waals surface area contributed by atoms with Crippen LogP contribution in [-0.2, 0) is 6.54 Å². The van der Waals surface area contributed by atoms with Gasteiger partial charge in [-0.25, -0.2) is 4.98 Å². The summed E-state index contributed by atoms with van der Waals surface area (Å²) in [4.78, 5) is 17.3. The number of aryl methyl sites for hydroxylation is 1. The highest BCUT2D eigenvalue weighted by atomic mass is 16.1. The second-order valence-electron chi connectivity index (χ2n) is 6.58. The molecule has 0 unspecified atom stereocenters. The molecule has 4 heteroatoms. The Morgan fingerprint density at radius 1 is 0.926 bits per heavy atom. The van der Waals surface area contributed by atoms with E-state index in [4.69, 9.17) is 0 Å². The third-order valence-electron chi connectivity index (χ3n) is 4.82. The molecule has 1 aromatic heterocycles. The number of nitrogens with zero attached hydrogens (tertiary/aromatic N) is 2. The van der Waals surface area contributed by atoms with Crippen LogP contribution in [0.4, 0.5) is 0 Å². The molecular weight excluding hydrogens is 334 g/mol. The minimum absolute atomic E-state index is 0.154. The summed E-state index contributed by atoms with van der Waals surface area (Å²) in [6.07, 6.45) is 0. The normalized spacial score (nSPS) is 10.9. The van der Waals surface area contributed by atoms with Gasteiger partial charge in [-0.05, 0) is 42.3 Å². The number of nitrogens with one attached hydrogen (secondary N) is 1. The van der Waals surface area contributed by atoms with Crippen molar-refractivity contribution >= 4 is 16.7 Å². The van der Waals surface area contributed by atoms with Gasteiger partial charge in [0, 0.05) is 12.2 Å². The van der Waals surface area contributed by atoms with Crippen LogP contribution in [0.1, 0.15) is 27.6 Å². The molecule has 0 aliphatic carbocycles. The average Bonchev–Trinajstić information content (AvgIpc) is 3.01. The lowest BCUT2D eigenvalue weighted by molar-refractivity contribution is 0.0945. The number of hydrogen-bond donors (Lipinski definition) is 1. The van der Waals surface area contributed by atoms with Gasteiger partial charge >= 0.3 is 0 Å². The molecule has 0 fully saturated rings. The molecule has 4 rings (SSSR count). The fourth-order valence-electron chi connectivity index (χ4n) is 3.52. The molecule has 0 aliphatic heterocycles. The van der Waals surface area contributed by atoms with Crippen LogP contribution in [0.25, 0.3) is 16.5 Å². The molecule has 0 bridgehead atoms. The number of aromatic nitrogens is 2. The standard InChI is InChI=1S/C23H21N3O/c1-16-22(25-17(2)26(16)20-12-4-3-5-13-20)23(27)24-15-19-11-8-10-18-9-6-7-14-21(18)19/h3-14H,15H2,1-2H3,(H,24,27). The topological polar surface area (TPSA) is 46.9 Å². The van der Waals surface area contributed by atoms with Crippen LogP contribution in [-0.4, -0.2) is 15.5 Å². The first-order valence-corrected chi connectivity index (χ1v) is 9.01. The minimum atomic E-state index is -0.154. The van der Waals surface area contributed by atoms with Crippen LogP contribution in [0.3, 0.4) is 0 Å². The Bertz CT molecular complexity index is 1110. The monoisotopic (exact) mass is 355 g/mol. The number of amides is 1. The largest absolute Gasteiger partial charge is 0.347 e. The molecule has 27 heavy (non-hydrogen) atoms. The van der Waals surface area contributed by atoms with Gasteiger partial charge in [0.15, 0.2) is 0 Å². The first kappa shape index (κ1) is 17.0. The van der Waals surface area contributed by atoms with E-state index >= 15 is 0 Å². The number of imidazole rings is 1. The molecule has 0 spiro atoms. The highest BCUT2D eigenvalue weighted by Gasteiger charge is 2.18. The predicted octanol–water partition coefficient (Wildman–Crippen LogP) is 4.57. The molecule has 3 aromatic carbocycles. The third kappa shape index (κ3) is 3.22. The van der Waals surface area contributed by atoms with Crippen molar-refractivity contribution in [3.05, 3.63) is 95.6 Å². The molecule has 134 valence electrons. The summed E-state index contributed by atoms with van der Waals surface area (Å²) >= 11 is 0. The van der Waals surface area contributed by atoms with Crippen LogP contribution in [0.5, 0.6) is 0 Å². The van der Waals surface area contributed by atoms with Crippen LogP contribution in [0.2, 0.25) is 0 Å². The zero-order chi connectivity index (χ0) is 18.8. The van der Waals surface area contributed by atoms with Crippen molar-refractivity contribution in [2.75, 3.05) is 0 Å². The Morgan fingerprint density at radius 2 is 1.63 bits per heavy atom. The van der Waals surface area contributed by atoms with E-state index in [1.807, 2.05) is 73.0 Å². The summed E-state index contributed by atoms with van der Waals surface area (Å²) in [7, 11) is 0. The number of para-hydroxylation sites is 1. The SMILES string of the molecule is Cc1nc(C(=O)NCc2cccc3ccccc23)c(C)n1-c1ccccc1. The lowest BCUT2D eigenvalue weighted by Gasteiger charge is -2.09. The first-order valence-electron chi connectivity index (χ1n) is 9.01. The molecule has 4 aromatic rings. The second kappa shape index (κ2) is 7.08. The maximum Gasteiger partial charge on any atom is 0.272 e. The number of fused-ring (bicyclic) bond motifs is 1. The summed E-state index contributed by atoms with van der Waals surface area (Å²) in [6.45, 7) is 4.32. The molecule has 4 nitrogen and oxygen atoms in total. The van der Waals surface area contributed by atoms with Crippen molar-refractivity contribution in [3.8, 4) is 5.69 Å². The lowest BCUT2D eigenvalue weighted by atomic mass is 10.0. The van der Waals surface area contributed by atoms with E-state index in [0.29, 0.717) is 12.2 Å². The second-order valence-corrected chi connectivity index (χ2v) is 6.58. The number of carbonyl (C=O) groups excluding carboxylic acids is 1. The van der Waals surface area contributed by atoms with E-state index in [-0.39, 0.29) is 5.91 Å². The summed E-state index contributed by atoms with van der Waals surface area (Å²) in [5.74, 6) is 0.646. The van der Waals surface area contributed by atoms with E-state index in [2.05, 4.69) is 28.5 Å². The molecule has 0 aliphatic rings. The van der Waals surface area contributed by atoms with Crippen molar-refractivity contribution < 1.29 is 4.79 Å². The number of hydrogen-bond acceptors (Lipinski definition) is 2. The highest BCUT2D eigenvalue weighted by molar-refractivity contribution is 5.94. The van der Waals surface area contributed by atoms with Gasteiger partial charge in [0.25, 0.3) is 5.91 Å². The zero-order valence-corrected chi connectivity index (χ0v) is 15.4. The maximum absolute atomic E-state index is 12.8. The van der Waals surface area contributed by atoms with Crippen molar-refractivity contribution in [3.63, 3.8) is 0 Å². The van der Waals surface area contributed by atoms with Gasteiger partial charge in [0.05, 0.1) is 5.69 Å². The van der Waals surface area contributed by atoms with Crippen LogP contribution in [0.15, 0.2) is 72.8 Å². The number of benzene rings is 3. The van der Waals surface area contributed by atoms with Gasteiger partial charge in [-0.1, -0.05) is 60.7 Å². The molecule has 1 N–H and O–H groups in total. The summed E-state index contributed by atoms with van der Waals surface area (Å²) in [5.41, 5.74) is 3.41. The van der Waals surface area contributed by atoms with Gasteiger partial charge in [0.1, 0.15) is 11.5 Å².